The van der Waals surface area contributed by atoms with Crippen LogP contribution in [0.2, 0.25) is 0 Å². The van der Waals surface area contributed by atoms with E-state index in [2.05, 4.69) is 34.5 Å². The summed E-state index contributed by atoms with van der Waals surface area (Å²) in [7, 11) is 0. The summed E-state index contributed by atoms with van der Waals surface area (Å²) in [5.74, 6) is -0.111. The highest BCUT2D eigenvalue weighted by molar-refractivity contribution is 5.92. The lowest BCUT2D eigenvalue weighted by Crippen LogP contribution is -2.41. The topological polar surface area (TPSA) is 75.3 Å². The van der Waals surface area contributed by atoms with E-state index in [1.165, 1.54) is 17.3 Å². The van der Waals surface area contributed by atoms with Gasteiger partial charge >= 0.3 is 0 Å². The van der Waals surface area contributed by atoms with E-state index in [1.807, 2.05) is 57.2 Å². The summed E-state index contributed by atoms with van der Waals surface area (Å²) in [6, 6.07) is 20.5. The number of benzene rings is 2. The van der Waals surface area contributed by atoms with Crippen LogP contribution in [0.3, 0.4) is 0 Å². The van der Waals surface area contributed by atoms with Gasteiger partial charge in [-0.2, -0.15) is 5.10 Å². The van der Waals surface area contributed by atoms with Crippen LogP contribution in [0.5, 0.6) is 5.75 Å². The van der Waals surface area contributed by atoms with Crippen molar-refractivity contribution in [1.82, 2.24) is 15.1 Å². The fourth-order valence-corrected chi connectivity index (χ4v) is 3.86. The van der Waals surface area contributed by atoms with Crippen LogP contribution in [0.4, 0.5) is 0 Å². The largest absolute Gasteiger partial charge is 0.488 e. The van der Waals surface area contributed by atoms with Crippen LogP contribution in [0.25, 0.3) is 0 Å². The number of carbonyl (C=O) groups is 1. The molecule has 6 heteroatoms. The monoisotopic (exact) mass is 447 g/mol. The Bertz CT molecular complexity index is 1030. The predicted octanol–water partition coefficient (Wildman–Crippen LogP) is 5.02. The van der Waals surface area contributed by atoms with E-state index in [1.54, 1.807) is 4.90 Å². The normalized spacial score (nSPS) is 11.1. The van der Waals surface area contributed by atoms with Gasteiger partial charge in [-0.15, -0.1) is 0 Å². The van der Waals surface area contributed by atoms with Gasteiger partial charge in [0, 0.05) is 18.5 Å². The lowest BCUT2D eigenvalue weighted by molar-refractivity contribution is 0.0691. The van der Waals surface area contributed by atoms with Crippen LogP contribution in [-0.2, 0) is 0 Å². The third-order valence-electron chi connectivity index (χ3n) is 5.72. The zero-order valence-electron chi connectivity index (χ0n) is 19.7. The first kappa shape index (κ1) is 24.2. The fraction of sp³-hybridized carbons (Fsp3) is 0.370. The molecule has 1 aromatic heterocycles. The van der Waals surface area contributed by atoms with Crippen molar-refractivity contribution >= 4 is 5.91 Å². The number of nitrogens with one attached hydrogen (secondary N) is 1. The molecule has 2 aromatic carbocycles. The molecule has 6 nitrogen and oxygen atoms in total. The van der Waals surface area contributed by atoms with Gasteiger partial charge in [-0.3, -0.25) is 14.7 Å². The number of amides is 1. The molecule has 0 spiro atoms. The number of ether oxygens (including phenoxy) is 1. The highest BCUT2D eigenvalue weighted by Crippen LogP contribution is 2.28. The number of aromatic amines is 1. The SMILES string of the molecule is CCCCOc1c[nH]nc(C(=O)N(CCC(c2ccccc2)c2ccccc2)C(C)C)c1=O. The molecule has 0 saturated heterocycles. The van der Waals surface area contributed by atoms with Crippen molar-refractivity contribution in [3.05, 3.63) is 93.9 Å². The highest BCUT2D eigenvalue weighted by atomic mass is 16.5. The molecule has 0 aliphatic heterocycles. The third kappa shape index (κ3) is 6.31. The standard InChI is InChI=1S/C27H33N3O3/c1-4-5-18-33-24-19-28-29-25(26(24)31)27(32)30(20(2)3)17-16-23(21-12-8-6-9-13-21)22-14-10-7-11-15-22/h6-15,19-20,23H,4-5,16-18H2,1-3H3,(H,28,31). The van der Waals surface area contributed by atoms with Gasteiger partial charge in [0.25, 0.3) is 11.3 Å². The van der Waals surface area contributed by atoms with E-state index in [9.17, 15) is 9.59 Å². The molecule has 0 radical (unpaired) electrons. The third-order valence-corrected chi connectivity index (χ3v) is 5.72. The second-order valence-electron chi connectivity index (χ2n) is 8.38. The maximum atomic E-state index is 13.4. The quantitative estimate of drug-likeness (QED) is 0.419. The first-order valence-corrected chi connectivity index (χ1v) is 11.6. The lowest BCUT2D eigenvalue weighted by atomic mass is 9.88. The van der Waals surface area contributed by atoms with Crippen LogP contribution >= 0.6 is 0 Å². The molecular weight excluding hydrogens is 414 g/mol. The Labute approximate surface area is 195 Å². The highest BCUT2D eigenvalue weighted by Gasteiger charge is 2.26. The molecule has 0 fully saturated rings. The Morgan fingerprint density at radius 1 is 1.03 bits per heavy atom. The van der Waals surface area contributed by atoms with Gasteiger partial charge in [0.05, 0.1) is 12.8 Å². The molecule has 33 heavy (non-hydrogen) atoms. The molecule has 174 valence electrons. The second kappa shape index (κ2) is 12.0. The molecule has 0 aliphatic rings. The van der Waals surface area contributed by atoms with Gasteiger partial charge in [-0.1, -0.05) is 74.0 Å². The van der Waals surface area contributed by atoms with Crippen molar-refractivity contribution in [3.8, 4) is 5.75 Å². The molecule has 3 aromatic rings. The fourth-order valence-electron chi connectivity index (χ4n) is 3.86. The Morgan fingerprint density at radius 3 is 2.18 bits per heavy atom. The molecular formula is C27H33N3O3. The number of carbonyl (C=O) groups excluding carboxylic acids is 1. The van der Waals surface area contributed by atoms with Crippen LogP contribution in [0.15, 0.2) is 71.7 Å². The Kier molecular flexibility index (Phi) is 8.81. The van der Waals surface area contributed by atoms with Crippen molar-refractivity contribution in [2.24, 2.45) is 0 Å². The van der Waals surface area contributed by atoms with Crippen LogP contribution in [0.1, 0.15) is 67.6 Å². The molecule has 0 bridgehead atoms. The molecule has 0 atom stereocenters. The van der Waals surface area contributed by atoms with Crippen LogP contribution in [-0.4, -0.2) is 40.2 Å². The number of unbranched alkanes of at least 4 members (excludes halogenated alkanes) is 1. The van der Waals surface area contributed by atoms with Crippen LogP contribution in [0, 0.1) is 0 Å². The van der Waals surface area contributed by atoms with Gasteiger partial charge in [-0.25, -0.2) is 0 Å². The average Bonchev–Trinajstić information content (AvgIpc) is 2.83. The summed E-state index contributed by atoms with van der Waals surface area (Å²) in [5, 5.41) is 6.67. The summed E-state index contributed by atoms with van der Waals surface area (Å²) in [6.07, 6.45) is 3.93. The number of hydrogen-bond acceptors (Lipinski definition) is 4. The van der Waals surface area contributed by atoms with Gasteiger partial charge < -0.3 is 9.64 Å². The van der Waals surface area contributed by atoms with Crippen molar-refractivity contribution in [2.75, 3.05) is 13.2 Å². The minimum Gasteiger partial charge on any atom is -0.488 e. The summed E-state index contributed by atoms with van der Waals surface area (Å²) in [4.78, 5) is 27.9. The van der Waals surface area contributed by atoms with E-state index in [4.69, 9.17) is 4.74 Å². The predicted molar refractivity (Wildman–Crippen MR) is 131 cm³/mol. The molecule has 1 amide bonds. The summed E-state index contributed by atoms with van der Waals surface area (Å²) in [6.45, 7) is 6.88. The second-order valence-corrected chi connectivity index (χ2v) is 8.38. The average molecular weight is 448 g/mol. The Morgan fingerprint density at radius 2 is 1.64 bits per heavy atom. The summed E-state index contributed by atoms with van der Waals surface area (Å²) >= 11 is 0. The Hall–Kier alpha value is -3.41. The van der Waals surface area contributed by atoms with Gasteiger partial charge in [0.15, 0.2) is 11.4 Å². The number of aromatic nitrogens is 2. The molecule has 1 heterocycles. The zero-order chi connectivity index (χ0) is 23.6. The minimum absolute atomic E-state index is 0.0874. The van der Waals surface area contributed by atoms with Gasteiger partial charge in [0.1, 0.15) is 0 Å². The number of rotatable bonds is 11. The maximum Gasteiger partial charge on any atom is 0.278 e. The first-order valence-electron chi connectivity index (χ1n) is 11.6. The van der Waals surface area contributed by atoms with E-state index in [0.717, 1.165) is 19.3 Å². The zero-order valence-corrected chi connectivity index (χ0v) is 19.7. The van der Waals surface area contributed by atoms with Crippen molar-refractivity contribution < 1.29 is 9.53 Å². The molecule has 3 rings (SSSR count). The maximum absolute atomic E-state index is 13.4. The smallest absolute Gasteiger partial charge is 0.278 e. The van der Waals surface area contributed by atoms with E-state index < -0.39 is 5.43 Å². The molecule has 0 saturated carbocycles. The molecule has 1 N–H and O–H groups in total. The minimum atomic E-state index is -0.469. The van der Waals surface area contributed by atoms with Crippen molar-refractivity contribution in [1.29, 1.82) is 0 Å². The molecule has 0 aliphatic carbocycles. The van der Waals surface area contributed by atoms with E-state index in [-0.39, 0.29) is 29.3 Å². The number of nitrogens with zero attached hydrogens (tertiary/aromatic N) is 2. The van der Waals surface area contributed by atoms with Gasteiger partial charge in [0.2, 0.25) is 0 Å². The van der Waals surface area contributed by atoms with Crippen molar-refractivity contribution in [3.63, 3.8) is 0 Å². The molecule has 0 unspecified atom stereocenters. The van der Waals surface area contributed by atoms with E-state index >= 15 is 0 Å². The summed E-state index contributed by atoms with van der Waals surface area (Å²) in [5.41, 5.74) is 1.79. The lowest BCUT2D eigenvalue weighted by Gasteiger charge is -2.28. The van der Waals surface area contributed by atoms with Crippen molar-refractivity contribution in [2.45, 2.75) is 52.0 Å². The Balaban J connectivity index is 1.82. The van der Waals surface area contributed by atoms with Crippen LogP contribution < -0.4 is 10.2 Å². The van der Waals surface area contributed by atoms with Gasteiger partial charge in [-0.05, 0) is 37.8 Å². The first-order chi connectivity index (χ1) is 16.0. The number of hydrogen-bond donors (Lipinski definition) is 1. The summed E-state index contributed by atoms with van der Waals surface area (Å²) < 4.78 is 5.57. The number of H-pyrrole nitrogens is 1. The van der Waals surface area contributed by atoms with E-state index in [0.29, 0.717) is 13.2 Å².